The number of ether oxygens (including phenoxy) is 2. The summed E-state index contributed by atoms with van der Waals surface area (Å²) >= 11 is 0. The molecule has 1 unspecified atom stereocenters. The van der Waals surface area contributed by atoms with Crippen LogP contribution in [0, 0.1) is 5.82 Å². The van der Waals surface area contributed by atoms with Crippen LogP contribution in [0.2, 0.25) is 0 Å². The number of methoxy groups -OCH3 is 1. The van der Waals surface area contributed by atoms with E-state index in [1.807, 2.05) is 12.1 Å². The zero-order valence-electron chi connectivity index (χ0n) is 15.7. The zero-order chi connectivity index (χ0) is 19.7. The van der Waals surface area contributed by atoms with Gasteiger partial charge in [0.25, 0.3) is 0 Å². The predicted octanol–water partition coefficient (Wildman–Crippen LogP) is 2.65. The number of aromatic nitrogens is 4. The largest absolute Gasteiger partial charge is 0.479 e. The van der Waals surface area contributed by atoms with Gasteiger partial charge in [-0.25, -0.2) is 14.1 Å². The second kappa shape index (κ2) is 7.65. The van der Waals surface area contributed by atoms with E-state index >= 15 is 0 Å². The van der Waals surface area contributed by atoms with Gasteiger partial charge < -0.3 is 14.6 Å². The molecule has 4 heterocycles. The van der Waals surface area contributed by atoms with Crippen molar-refractivity contribution in [2.45, 2.75) is 25.9 Å². The molecule has 0 saturated heterocycles. The smallest absolute Gasteiger partial charge is 0.250 e. The Morgan fingerprint density at radius 3 is 2.82 bits per heavy atom. The first kappa shape index (κ1) is 18.5. The molecule has 0 saturated carbocycles. The van der Waals surface area contributed by atoms with Crippen LogP contribution in [-0.4, -0.2) is 45.2 Å². The fourth-order valence-electron chi connectivity index (χ4n) is 3.40. The van der Waals surface area contributed by atoms with Gasteiger partial charge in [0.15, 0.2) is 5.82 Å². The average Bonchev–Trinajstić information content (AvgIpc) is 2.89. The molecule has 0 fully saturated rings. The number of aliphatic hydroxyl groups is 1. The Hall–Kier alpha value is -2.84. The molecule has 7 nitrogen and oxygen atoms in total. The zero-order valence-corrected chi connectivity index (χ0v) is 15.7. The van der Waals surface area contributed by atoms with Gasteiger partial charge in [-0.3, -0.25) is 4.98 Å². The van der Waals surface area contributed by atoms with Gasteiger partial charge in [-0.15, -0.1) is 0 Å². The van der Waals surface area contributed by atoms with Crippen LogP contribution in [0.25, 0.3) is 16.9 Å². The number of nitrogens with zero attached hydrogens (tertiary/aromatic N) is 4. The van der Waals surface area contributed by atoms with Crippen molar-refractivity contribution in [2.24, 2.45) is 0 Å². The molecule has 0 aliphatic carbocycles. The standard InChI is InChI=1S/C20H21FN4O3/c1-12(26)17-9-13(3-6-22-17)19-15-4-7-28-8-5-18(15)25(24-19)14-10-16(21)20(27-2)23-11-14/h3,6,9-12,26H,4-5,7-8H2,1-2H3. The van der Waals surface area contributed by atoms with Crippen LogP contribution in [0.15, 0.2) is 30.6 Å². The number of hydrogen-bond donors (Lipinski definition) is 1. The number of aliphatic hydroxyl groups excluding tert-OH is 1. The second-order valence-corrected chi connectivity index (χ2v) is 6.63. The first-order valence-electron chi connectivity index (χ1n) is 9.11. The SMILES string of the molecule is COc1ncc(-n2nc(-c3ccnc(C(C)O)c3)c3c2CCOCC3)cc1F. The van der Waals surface area contributed by atoms with Gasteiger partial charge in [-0.1, -0.05) is 0 Å². The van der Waals surface area contributed by atoms with Crippen molar-refractivity contribution in [2.75, 3.05) is 20.3 Å². The van der Waals surface area contributed by atoms with E-state index in [4.69, 9.17) is 14.6 Å². The average molecular weight is 384 g/mol. The molecule has 8 heteroatoms. The lowest BCUT2D eigenvalue weighted by atomic mass is 10.0. The Bertz CT molecular complexity index is 1000. The van der Waals surface area contributed by atoms with E-state index in [9.17, 15) is 9.50 Å². The highest BCUT2D eigenvalue weighted by Crippen LogP contribution is 2.31. The molecule has 146 valence electrons. The van der Waals surface area contributed by atoms with E-state index in [0.717, 1.165) is 22.5 Å². The normalized spacial score (nSPS) is 15.0. The first-order valence-corrected chi connectivity index (χ1v) is 9.11. The lowest BCUT2D eigenvalue weighted by molar-refractivity contribution is 0.145. The molecule has 28 heavy (non-hydrogen) atoms. The first-order chi connectivity index (χ1) is 13.6. The molecular weight excluding hydrogens is 363 g/mol. The number of hydrogen-bond acceptors (Lipinski definition) is 6. The van der Waals surface area contributed by atoms with E-state index in [-0.39, 0.29) is 5.88 Å². The van der Waals surface area contributed by atoms with E-state index in [0.29, 0.717) is 37.4 Å². The van der Waals surface area contributed by atoms with E-state index < -0.39 is 11.9 Å². The summed E-state index contributed by atoms with van der Waals surface area (Å²) in [5.41, 5.74) is 4.74. The molecule has 0 spiro atoms. The summed E-state index contributed by atoms with van der Waals surface area (Å²) in [7, 11) is 1.38. The third-order valence-electron chi connectivity index (χ3n) is 4.78. The van der Waals surface area contributed by atoms with Crippen molar-refractivity contribution in [3.8, 4) is 22.8 Å². The fraction of sp³-hybridized carbons (Fsp3) is 0.350. The van der Waals surface area contributed by atoms with Gasteiger partial charge in [0.1, 0.15) is 0 Å². The van der Waals surface area contributed by atoms with E-state index in [1.165, 1.54) is 13.2 Å². The summed E-state index contributed by atoms with van der Waals surface area (Å²) in [4.78, 5) is 8.24. The van der Waals surface area contributed by atoms with Crippen LogP contribution in [-0.2, 0) is 17.6 Å². The van der Waals surface area contributed by atoms with Gasteiger partial charge in [0.2, 0.25) is 5.88 Å². The Labute approximate surface area is 161 Å². The molecule has 1 atom stereocenters. The van der Waals surface area contributed by atoms with Crippen LogP contribution < -0.4 is 4.74 Å². The molecule has 0 amide bonds. The van der Waals surface area contributed by atoms with Crippen molar-refractivity contribution < 1.29 is 19.0 Å². The van der Waals surface area contributed by atoms with Gasteiger partial charge in [-0.05, 0) is 25.5 Å². The molecule has 1 N–H and O–H groups in total. The van der Waals surface area contributed by atoms with Gasteiger partial charge in [0, 0.05) is 29.8 Å². The van der Waals surface area contributed by atoms with Crippen molar-refractivity contribution >= 4 is 0 Å². The molecule has 1 aliphatic heterocycles. The highest BCUT2D eigenvalue weighted by Gasteiger charge is 2.23. The monoisotopic (exact) mass is 384 g/mol. The Morgan fingerprint density at radius 2 is 2.07 bits per heavy atom. The van der Waals surface area contributed by atoms with E-state index in [1.54, 1.807) is 24.0 Å². The highest BCUT2D eigenvalue weighted by atomic mass is 19.1. The molecular formula is C20H21FN4O3. The number of rotatable bonds is 4. The summed E-state index contributed by atoms with van der Waals surface area (Å²) in [6.45, 7) is 2.83. The highest BCUT2D eigenvalue weighted by molar-refractivity contribution is 5.65. The quantitative estimate of drug-likeness (QED) is 0.745. The molecule has 1 aliphatic rings. The second-order valence-electron chi connectivity index (χ2n) is 6.63. The summed E-state index contributed by atoms with van der Waals surface area (Å²) in [6, 6.07) is 5.05. The summed E-state index contributed by atoms with van der Waals surface area (Å²) in [5, 5.41) is 14.6. The van der Waals surface area contributed by atoms with Crippen LogP contribution >= 0.6 is 0 Å². The molecule has 3 aromatic heterocycles. The number of halogens is 1. The van der Waals surface area contributed by atoms with Crippen LogP contribution in [0.3, 0.4) is 0 Å². The minimum absolute atomic E-state index is 0.0544. The van der Waals surface area contributed by atoms with Crippen molar-refractivity contribution in [3.05, 3.63) is 53.4 Å². The maximum atomic E-state index is 14.2. The van der Waals surface area contributed by atoms with Crippen LogP contribution in [0.5, 0.6) is 5.88 Å². The number of pyridine rings is 2. The predicted molar refractivity (Wildman–Crippen MR) is 100.0 cm³/mol. The van der Waals surface area contributed by atoms with Crippen molar-refractivity contribution in [3.63, 3.8) is 0 Å². The van der Waals surface area contributed by atoms with Crippen molar-refractivity contribution in [1.29, 1.82) is 0 Å². The maximum Gasteiger partial charge on any atom is 0.250 e. The molecule has 0 bridgehead atoms. The Morgan fingerprint density at radius 1 is 1.25 bits per heavy atom. The summed E-state index contributed by atoms with van der Waals surface area (Å²) in [5.74, 6) is -0.600. The minimum Gasteiger partial charge on any atom is -0.479 e. The van der Waals surface area contributed by atoms with Gasteiger partial charge >= 0.3 is 0 Å². The van der Waals surface area contributed by atoms with Crippen LogP contribution in [0.1, 0.15) is 30.0 Å². The summed E-state index contributed by atoms with van der Waals surface area (Å²) in [6.07, 6.45) is 3.88. The topological polar surface area (TPSA) is 82.3 Å². The third kappa shape index (κ3) is 3.36. The molecule has 0 radical (unpaired) electrons. The third-order valence-corrected chi connectivity index (χ3v) is 4.78. The van der Waals surface area contributed by atoms with E-state index in [2.05, 4.69) is 9.97 Å². The molecule has 0 aromatic carbocycles. The minimum atomic E-state index is -0.677. The lowest BCUT2D eigenvalue weighted by Gasteiger charge is -2.08. The lowest BCUT2D eigenvalue weighted by Crippen LogP contribution is -2.06. The van der Waals surface area contributed by atoms with Crippen molar-refractivity contribution in [1.82, 2.24) is 19.7 Å². The van der Waals surface area contributed by atoms with Gasteiger partial charge in [0.05, 0.1) is 55.4 Å². The number of fused-ring (bicyclic) bond motifs is 1. The maximum absolute atomic E-state index is 14.2. The van der Waals surface area contributed by atoms with Crippen LogP contribution in [0.4, 0.5) is 4.39 Å². The summed E-state index contributed by atoms with van der Waals surface area (Å²) < 4.78 is 26.5. The fourth-order valence-corrected chi connectivity index (χ4v) is 3.40. The molecule has 4 rings (SSSR count). The molecule has 3 aromatic rings. The Kier molecular flexibility index (Phi) is 5.06. The Balaban J connectivity index is 1.87. The van der Waals surface area contributed by atoms with Gasteiger partial charge in [-0.2, -0.15) is 5.10 Å².